The number of esters is 1. The topological polar surface area (TPSA) is 140 Å². The predicted octanol–water partition coefficient (Wildman–Crippen LogP) is 3.35. The number of amides is 1. The zero-order chi connectivity index (χ0) is 31.1. The maximum absolute atomic E-state index is 12.8. The zero-order valence-electron chi connectivity index (χ0n) is 25.1. The van der Waals surface area contributed by atoms with Gasteiger partial charge in [-0.15, -0.1) is 0 Å². The van der Waals surface area contributed by atoms with Crippen LogP contribution in [-0.2, 0) is 20.7 Å². The van der Waals surface area contributed by atoms with E-state index in [1.807, 2.05) is 59.5 Å². The molecule has 0 saturated carbocycles. The summed E-state index contributed by atoms with van der Waals surface area (Å²) >= 11 is 2.84. The summed E-state index contributed by atoms with van der Waals surface area (Å²) < 4.78 is 6.96. The molecule has 1 N–H and O–H groups in total. The van der Waals surface area contributed by atoms with Crippen LogP contribution in [0, 0.1) is 18.3 Å². The third-order valence-corrected chi connectivity index (χ3v) is 10.4. The van der Waals surface area contributed by atoms with E-state index in [0.29, 0.717) is 48.2 Å². The maximum atomic E-state index is 12.8. The van der Waals surface area contributed by atoms with Crippen LogP contribution in [0.2, 0.25) is 0 Å². The summed E-state index contributed by atoms with van der Waals surface area (Å²) in [6.07, 6.45) is 1.42. The van der Waals surface area contributed by atoms with E-state index < -0.39 is 12.1 Å². The van der Waals surface area contributed by atoms with Gasteiger partial charge in [0, 0.05) is 38.2 Å². The summed E-state index contributed by atoms with van der Waals surface area (Å²) in [4.78, 5) is 42.0. The molecule has 1 amide bonds. The molecule has 2 aliphatic heterocycles. The second-order valence-electron chi connectivity index (χ2n) is 11.3. The van der Waals surface area contributed by atoms with Crippen LogP contribution in [0.4, 0.5) is 10.9 Å². The number of aliphatic hydroxyl groups excluding tert-OH is 1. The number of imidazole rings is 1. The van der Waals surface area contributed by atoms with Gasteiger partial charge in [0.25, 0.3) is 0 Å². The molecule has 44 heavy (non-hydrogen) atoms. The van der Waals surface area contributed by atoms with Gasteiger partial charge in [-0.1, -0.05) is 59.4 Å². The van der Waals surface area contributed by atoms with Crippen molar-refractivity contribution in [3.8, 4) is 17.3 Å². The Kier molecular flexibility index (Phi) is 8.38. The number of aliphatic hydroxyl groups is 1. The number of nitrogens with zero attached hydrogens (tertiary/aromatic N) is 8. The van der Waals surface area contributed by atoms with Gasteiger partial charge in [0.2, 0.25) is 10.9 Å². The van der Waals surface area contributed by atoms with Crippen LogP contribution in [0.1, 0.15) is 46.8 Å². The maximum Gasteiger partial charge on any atom is 0.323 e. The summed E-state index contributed by atoms with van der Waals surface area (Å²) in [7, 11) is 3.28. The van der Waals surface area contributed by atoms with Crippen molar-refractivity contribution in [1.82, 2.24) is 29.4 Å². The molecule has 2 atom stereocenters. The van der Waals surface area contributed by atoms with E-state index in [1.165, 1.54) is 29.8 Å². The molecule has 14 heteroatoms. The summed E-state index contributed by atoms with van der Waals surface area (Å²) in [5.41, 5.74) is 3.56. The molecule has 0 aliphatic carbocycles. The molecule has 1 unspecified atom stereocenters. The lowest BCUT2D eigenvalue weighted by molar-refractivity contribution is -0.152. The Labute approximate surface area is 263 Å². The summed E-state index contributed by atoms with van der Waals surface area (Å²) in [5.74, 6) is 0.317. The molecule has 0 spiro atoms. The number of benzene rings is 1. The number of hydrogen-bond acceptors (Lipinski definition) is 12. The number of methoxy groups -OCH3 is 1. The van der Waals surface area contributed by atoms with Gasteiger partial charge < -0.3 is 19.6 Å². The van der Waals surface area contributed by atoms with Crippen LogP contribution >= 0.6 is 22.7 Å². The van der Waals surface area contributed by atoms with Crippen molar-refractivity contribution in [2.75, 3.05) is 45.2 Å². The number of piperidine rings is 1. The Hall–Kier alpha value is -3.90. The average molecular weight is 635 g/mol. The number of aryl methyl sites for hydroxylation is 2. The van der Waals surface area contributed by atoms with E-state index in [9.17, 15) is 20.0 Å². The molecule has 6 rings (SSSR count). The third kappa shape index (κ3) is 5.56. The van der Waals surface area contributed by atoms with Gasteiger partial charge in [-0.3, -0.25) is 14.5 Å². The van der Waals surface area contributed by atoms with Crippen molar-refractivity contribution < 1.29 is 19.4 Å². The monoisotopic (exact) mass is 634 g/mol. The largest absolute Gasteiger partial charge is 0.468 e. The van der Waals surface area contributed by atoms with Crippen molar-refractivity contribution in [2.45, 2.75) is 51.2 Å². The zero-order valence-corrected chi connectivity index (χ0v) is 26.7. The molecular formula is C30H34N8O4S2. The summed E-state index contributed by atoms with van der Waals surface area (Å²) in [6, 6.07) is 9.72. The predicted molar refractivity (Wildman–Crippen MR) is 167 cm³/mol. The van der Waals surface area contributed by atoms with E-state index in [2.05, 4.69) is 6.07 Å². The normalized spacial score (nSPS) is 19.1. The van der Waals surface area contributed by atoms with Crippen LogP contribution in [0.25, 0.3) is 16.2 Å². The molecule has 230 valence electrons. The van der Waals surface area contributed by atoms with Crippen molar-refractivity contribution in [3.63, 3.8) is 0 Å². The number of aromatic nitrogens is 4. The number of β-amino-alcohol motifs (C(OH)–C–C–N with tert-alkyl or cyclic N) is 1. The number of likely N-dealkylation sites (tertiary alicyclic amines) is 2. The lowest BCUT2D eigenvalue weighted by Crippen LogP contribution is -2.58. The van der Waals surface area contributed by atoms with Crippen molar-refractivity contribution in [1.29, 1.82) is 5.26 Å². The third-order valence-electron chi connectivity index (χ3n) is 8.34. The molecule has 3 aromatic heterocycles. The van der Waals surface area contributed by atoms with Gasteiger partial charge in [-0.25, -0.2) is 9.97 Å². The molecule has 12 nitrogen and oxygen atoms in total. The highest BCUT2D eigenvalue weighted by atomic mass is 32.1. The Morgan fingerprint density at radius 1 is 1.20 bits per heavy atom. The van der Waals surface area contributed by atoms with Gasteiger partial charge >= 0.3 is 5.97 Å². The van der Waals surface area contributed by atoms with E-state index in [1.54, 1.807) is 4.90 Å². The average Bonchev–Trinajstić information content (AvgIpc) is 3.72. The molecular weight excluding hydrogens is 601 g/mol. The number of fused-ring (bicyclic) bond motifs is 1. The van der Waals surface area contributed by atoms with Gasteiger partial charge in [0.15, 0.2) is 10.9 Å². The minimum atomic E-state index is -0.571. The van der Waals surface area contributed by atoms with E-state index in [0.717, 1.165) is 39.0 Å². The van der Waals surface area contributed by atoms with E-state index >= 15 is 0 Å². The lowest BCUT2D eigenvalue weighted by Gasteiger charge is -2.40. The number of thiazole rings is 1. The highest BCUT2D eigenvalue weighted by Gasteiger charge is 2.39. The van der Waals surface area contributed by atoms with E-state index in [4.69, 9.17) is 19.8 Å². The first kappa shape index (κ1) is 30.1. The van der Waals surface area contributed by atoms with Crippen molar-refractivity contribution in [3.05, 3.63) is 45.4 Å². The summed E-state index contributed by atoms with van der Waals surface area (Å²) in [6.45, 7) is 5.39. The van der Waals surface area contributed by atoms with Crippen LogP contribution in [-0.4, -0.2) is 98.8 Å². The Balaban J connectivity index is 1.26. The minimum absolute atomic E-state index is 0.00981. The molecule has 1 aromatic carbocycles. The van der Waals surface area contributed by atoms with Gasteiger partial charge in [0.05, 0.1) is 25.5 Å². The highest BCUT2D eigenvalue weighted by molar-refractivity contribution is 7.17. The summed E-state index contributed by atoms with van der Waals surface area (Å²) in [5, 5.41) is 26.0. The van der Waals surface area contributed by atoms with Gasteiger partial charge in [0.1, 0.15) is 27.7 Å². The Bertz CT molecular complexity index is 1730. The molecule has 0 bridgehead atoms. The standard InChI is InChI=1S/C30H34N8O4S2/c1-5-21-27(35(3)29-33-25(23(13-31)43-29)18-8-6-17(2)7-9-18)38-30(32-21)44-26(34-38)19-10-11-36(22(12-19)28(41)42-4)16-24(40)37-14-20(39)15-37/h6-9,19-20,22,39H,5,10-12,14-16H2,1-4H3/t19?,22-/m1/s1. The Morgan fingerprint density at radius 3 is 2.61 bits per heavy atom. The molecule has 2 fully saturated rings. The fraction of sp³-hybridized carbons (Fsp3) is 0.467. The molecule has 2 saturated heterocycles. The fourth-order valence-electron chi connectivity index (χ4n) is 5.80. The quantitative estimate of drug-likeness (QED) is 0.287. The number of rotatable bonds is 8. The second kappa shape index (κ2) is 12.2. The number of anilines is 2. The number of carbonyl (C=O) groups is 2. The number of carbonyl (C=O) groups excluding carboxylic acids is 2. The lowest BCUT2D eigenvalue weighted by atomic mass is 9.91. The molecule has 5 heterocycles. The van der Waals surface area contributed by atoms with Gasteiger partial charge in [-0.2, -0.15) is 14.9 Å². The van der Waals surface area contributed by atoms with Crippen LogP contribution in [0.3, 0.4) is 0 Å². The number of ether oxygens (including phenoxy) is 1. The first-order chi connectivity index (χ1) is 21.2. The smallest absolute Gasteiger partial charge is 0.323 e. The molecule has 4 aromatic rings. The van der Waals surface area contributed by atoms with Gasteiger partial charge in [-0.05, 0) is 26.2 Å². The Morgan fingerprint density at radius 2 is 1.95 bits per heavy atom. The molecule has 0 radical (unpaired) electrons. The van der Waals surface area contributed by atoms with Crippen LogP contribution in [0.15, 0.2) is 24.3 Å². The first-order valence-corrected chi connectivity index (χ1v) is 16.2. The second-order valence-corrected chi connectivity index (χ2v) is 13.2. The van der Waals surface area contributed by atoms with Crippen LogP contribution < -0.4 is 4.90 Å². The fourth-order valence-corrected chi connectivity index (χ4v) is 7.71. The number of nitriles is 1. The number of hydrogen-bond donors (Lipinski definition) is 1. The molecule has 2 aliphatic rings. The van der Waals surface area contributed by atoms with Crippen molar-refractivity contribution >= 4 is 50.5 Å². The SMILES string of the molecule is CCc1nc2sc(C3CCN(CC(=O)N4CC(O)C4)[C@@H](C(=O)OC)C3)nn2c1N(C)c1nc(-c2ccc(C)cc2)c(C#N)s1. The van der Waals surface area contributed by atoms with Crippen molar-refractivity contribution in [2.24, 2.45) is 0 Å². The minimum Gasteiger partial charge on any atom is -0.468 e. The first-order valence-electron chi connectivity index (χ1n) is 14.6. The highest BCUT2D eigenvalue weighted by Crippen LogP contribution is 2.40. The van der Waals surface area contributed by atoms with E-state index in [-0.39, 0.29) is 24.3 Å². The van der Waals surface area contributed by atoms with Crippen LogP contribution in [0.5, 0.6) is 0 Å².